The van der Waals surface area contributed by atoms with Gasteiger partial charge in [-0.1, -0.05) is 12.1 Å². The summed E-state index contributed by atoms with van der Waals surface area (Å²) in [5.74, 6) is -0.496. The van der Waals surface area contributed by atoms with Crippen molar-refractivity contribution in [2.75, 3.05) is 24.5 Å². The van der Waals surface area contributed by atoms with Gasteiger partial charge in [0.25, 0.3) is 0 Å². The van der Waals surface area contributed by atoms with Crippen molar-refractivity contribution in [3.8, 4) is 0 Å². The van der Waals surface area contributed by atoms with Crippen LogP contribution >= 0.6 is 0 Å². The van der Waals surface area contributed by atoms with E-state index in [1.807, 2.05) is 12.1 Å². The lowest BCUT2D eigenvalue weighted by atomic mass is 10.1. The van der Waals surface area contributed by atoms with E-state index in [1.54, 1.807) is 0 Å². The second-order valence-corrected chi connectivity index (χ2v) is 6.68. The Morgan fingerprint density at radius 1 is 0.960 bits per heavy atom. The Bertz CT molecular complexity index is 620. The Morgan fingerprint density at radius 3 is 2.24 bits per heavy atom. The smallest absolute Gasteiger partial charge is 0.229 e. The largest absolute Gasteiger partial charge is 0.372 e. The number of piperidine rings is 1. The monoisotopic (exact) mass is 343 g/mol. The van der Waals surface area contributed by atoms with Crippen LogP contribution in [0.5, 0.6) is 0 Å². The molecule has 6 nitrogen and oxygen atoms in total. The molecule has 0 bridgehead atoms. The van der Waals surface area contributed by atoms with Gasteiger partial charge in [-0.2, -0.15) is 0 Å². The number of hydrogen-bond donors (Lipinski definition) is 1. The molecule has 0 aliphatic carbocycles. The summed E-state index contributed by atoms with van der Waals surface area (Å²) in [7, 11) is 0. The number of rotatable bonds is 6. The maximum Gasteiger partial charge on any atom is 0.229 e. The second-order valence-electron chi connectivity index (χ2n) is 6.68. The van der Waals surface area contributed by atoms with Crippen molar-refractivity contribution in [1.82, 2.24) is 10.2 Å². The first-order valence-corrected chi connectivity index (χ1v) is 9.07. The van der Waals surface area contributed by atoms with Gasteiger partial charge in [-0.3, -0.25) is 19.3 Å². The molecule has 2 aliphatic rings. The summed E-state index contributed by atoms with van der Waals surface area (Å²) < 4.78 is 0. The van der Waals surface area contributed by atoms with Gasteiger partial charge >= 0.3 is 0 Å². The van der Waals surface area contributed by atoms with Gasteiger partial charge < -0.3 is 10.2 Å². The molecule has 0 radical (unpaired) electrons. The molecule has 0 atom stereocenters. The van der Waals surface area contributed by atoms with E-state index in [9.17, 15) is 14.4 Å². The van der Waals surface area contributed by atoms with Crippen molar-refractivity contribution >= 4 is 23.4 Å². The topological polar surface area (TPSA) is 69.7 Å². The normalized spacial score (nSPS) is 17.9. The first kappa shape index (κ1) is 17.5. The molecule has 2 aliphatic heterocycles. The van der Waals surface area contributed by atoms with E-state index in [1.165, 1.54) is 29.8 Å². The van der Waals surface area contributed by atoms with Crippen molar-refractivity contribution in [3.63, 3.8) is 0 Å². The van der Waals surface area contributed by atoms with E-state index in [4.69, 9.17) is 0 Å². The number of anilines is 1. The molecule has 0 aromatic heterocycles. The van der Waals surface area contributed by atoms with Gasteiger partial charge in [0.1, 0.15) is 0 Å². The minimum absolute atomic E-state index is 0.146. The minimum Gasteiger partial charge on any atom is -0.372 e. The van der Waals surface area contributed by atoms with Crippen LogP contribution in [-0.2, 0) is 20.9 Å². The molecule has 6 heteroatoms. The fourth-order valence-corrected chi connectivity index (χ4v) is 3.35. The van der Waals surface area contributed by atoms with Gasteiger partial charge in [-0.25, -0.2) is 0 Å². The Hall–Kier alpha value is -2.37. The van der Waals surface area contributed by atoms with Crippen LogP contribution in [0.2, 0.25) is 0 Å². The molecule has 1 aromatic carbocycles. The van der Waals surface area contributed by atoms with Gasteiger partial charge in [-0.15, -0.1) is 0 Å². The number of nitrogens with zero attached hydrogens (tertiary/aromatic N) is 2. The van der Waals surface area contributed by atoms with Crippen LogP contribution in [0.3, 0.4) is 0 Å². The molecule has 0 saturated carbocycles. The van der Waals surface area contributed by atoms with E-state index >= 15 is 0 Å². The molecule has 134 valence electrons. The summed E-state index contributed by atoms with van der Waals surface area (Å²) in [6, 6.07) is 8.29. The molecule has 3 amide bonds. The predicted molar refractivity (Wildman–Crippen MR) is 94.9 cm³/mol. The third-order valence-corrected chi connectivity index (χ3v) is 4.86. The van der Waals surface area contributed by atoms with Crippen LogP contribution in [-0.4, -0.2) is 42.3 Å². The Morgan fingerprint density at radius 2 is 1.60 bits per heavy atom. The molecular weight excluding hydrogens is 318 g/mol. The van der Waals surface area contributed by atoms with Crippen molar-refractivity contribution < 1.29 is 14.4 Å². The Labute approximate surface area is 148 Å². The average molecular weight is 343 g/mol. The fraction of sp³-hybridized carbons (Fsp3) is 0.526. The molecule has 1 N–H and O–H groups in total. The number of imide groups is 1. The zero-order chi connectivity index (χ0) is 17.6. The van der Waals surface area contributed by atoms with Crippen LogP contribution in [0.25, 0.3) is 0 Å². The Kier molecular flexibility index (Phi) is 5.68. The molecular formula is C19H25N3O3. The maximum atomic E-state index is 11.9. The highest BCUT2D eigenvalue weighted by atomic mass is 16.2. The van der Waals surface area contributed by atoms with Gasteiger partial charge in [0.15, 0.2) is 0 Å². The number of amides is 3. The number of likely N-dealkylation sites (tertiary alicyclic amines) is 1. The van der Waals surface area contributed by atoms with E-state index < -0.39 is 0 Å². The number of carbonyl (C=O) groups excluding carboxylic acids is 3. The van der Waals surface area contributed by atoms with Gasteiger partial charge in [-0.05, 0) is 37.0 Å². The summed E-state index contributed by atoms with van der Waals surface area (Å²) in [5.41, 5.74) is 2.28. The third kappa shape index (κ3) is 4.59. The van der Waals surface area contributed by atoms with E-state index in [0.717, 1.165) is 18.7 Å². The van der Waals surface area contributed by atoms with E-state index in [2.05, 4.69) is 22.3 Å². The summed E-state index contributed by atoms with van der Waals surface area (Å²) >= 11 is 0. The number of nitrogens with one attached hydrogen (secondary N) is 1. The molecule has 2 heterocycles. The molecule has 0 unspecified atom stereocenters. The molecule has 3 rings (SSSR count). The summed E-state index contributed by atoms with van der Waals surface area (Å²) in [6.45, 7) is 2.87. The Balaban J connectivity index is 1.42. The van der Waals surface area contributed by atoms with Crippen molar-refractivity contribution in [2.24, 2.45) is 0 Å². The lowest BCUT2D eigenvalue weighted by molar-refractivity contribution is -0.138. The molecule has 2 fully saturated rings. The summed E-state index contributed by atoms with van der Waals surface area (Å²) in [5, 5.41) is 2.85. The zero-order valence-corrected chi connectivity index (χ0v) is 14.5. The fourth-order valence-electron chi connectivity index (χ4n) is 3.35. The minimum atomic E-state index is -0.175. The highest BCUT2D eigenvalue weighted by Crippen LogP contribution is 2.20. The molecule has 25 heavy (non-hydrogen) atoms. The highest BCUT2D eigenvalue weighted by Gasteiger charge is 2.28. The van der Waals surface area contributed by atoms with Crippen LogP contribution in [0.15, 0.2) is 24.3 Å². The maximum absolute atomic E-state index is 11.9. The summed E-state index contributed by atoms with van der Waals surface area (Å²) in [6.07, 6.45) is 4.51. The first-order valence-electron chi connectivity index (χ1n) is 9.07. The van der Waals surface area contributed by atoms with Crippen molar-refractivity contribution in [2.45, 2.75) is 45.1 Å². The van der Waals surface area contributed by atoms with Crippen LogP contribution in [0.4, 0.5) is 5.69 Å². The lowest BCUT2D eigenvalue weighted by Crippen LogP contribution is -2.34. The van der Waals surface area contributed by atoms with Crippen LogP contribution < -0.4 is 10.2 Å². The van der Waals surface area contributed by atoms with Crippen molar-refractivity contribution in [1.29, 1.82) is 0 Å². The standard InChI is InChI=1S/C19H25N3O3/c23-17(10-13-22-18(24)8-9-19(22)25)20-14-15-4-6-16(7-5-15)21-11-2-1-3-12-21/h4-7H,1-3,8-14H2,(H,20,23). The van der Waals surface area contributed by atoms with E-state index in [-0.39, 0.29) is 43.5 Å². The first-order chi connectivity index (χ1) is 12.1. The second kappa shape index (κ2) is 8.14. The average Bonchev–Trinajstić information content (AvgIpc) is 2.97. The quantitative estimate of drug-likeness (QED) is 0.800. The van der Waals surface area contributed by atoms with Gasteiger partial charge in [0, 0.05) is 51.1 Å². The summed E-state index contributed by atoms with van der Waals surface area (Å²) in [4.78, 5) is 38.5. The number of benzene rings is 1. The number of hydrogen-bond acceptors (Lipinski definition) is 4. The highest BCUT2D eigenvalue weighted by molar-refractivity contribution is 6.02. The SMILES string of the molecule is O=C(CCN1C(=O)CCC1=O)NCc1ccc(N2CCCCC2)cc1. The molecule has 2 saturated heterocycles. The third-order valence-electron chi connectivity index (χ3n) is 4.86. The molecule has 1 aromatic rings. The van der Waals surface area contributed by atoms with E-state index in [0.29, 0.717) is 6.54 Å². The van der Waals surface area contributed by atoms with Crippen LogP contribution in [0.1, 0.15) is 44.1 Å². The predicted octanol–water partition coefficient (Wildman–Crippen LogP) is 1.83. The van der Waals surface area contributed by atoms with Gasteiger partial charge in [0.05, 0.1) is 0 Å². The zero-order valence-electron chi connectivity index (χ0n) is 14.5. The van der Waals surface area contributed by atoms with Gasteiger partial charge in [0.2, 0.25) is 17.7 Å². The van der Waals surface area contributed by atoms with Crippen molar-refractivity contribution in [3.05, 3.63) is 29.8 Å². The molecule has 0 spiro atoms. The van der Waals surface area contributed by atoms with Crippen LogP contribution in [0, 0.1) is 0 Å². The lowest BCUT2D eigenvalue weighted by Gasteiger charge is -2.28. The number of carbonyl (C=O) groups is 3.